The fourth-order valence-electron chi connectivity index (χ4n) is 0.791. The molecule has 0 bridgehead atoms. The Kier molecular flexibility index (Phi) is 4.18. The van der Waals surface area contributed by atoms with Gasteiger partial charge in [-0.25, -0.2) is 4.98 Å². The smallest absolute Gasteiger partial charge is 0.316 e. The summed E-state index contributed by atoms with van der Waals surface area (Å²) in [4.78, 5) is 7.92. The predicted octanol–water partition coefficient (Wildman–Crippen LogP) is 1.00. The fourth-order valence-corrected chi connectivity index (χ4v) is 0.791. The zero-order valence-electron chi connectivity index (χ0n) is 7.91. The van der Waals surface area contributed by atoms with Gasteiger partial charge in [-0.3, -0.25) is 0 Å². The van der Waals surface area contributed by atoms with Crippen LogP contribution in [0.15, 0.2) is 6.20 Å². The zero-order valence-corrected chi connectivity index (χ0v) is 7.91. The third kappa shape index (κ3) is 3.85. The number of aromatic nitrogens is 2. The molecule has 0 unspecified atom stereocenters. The van der Waals surface area contributed by atoms with Gasteiger partial charge in [-0.05, 0) is 13.8 Å². The van der Waals surface area contributed by atoms with E-state index in [2.05, 4.69) is 16.0 Å². The highest BCUT2D eigenvalue weighted by Crippen LogP contribution is 2.00. The molecule has 4 nitrogen and oxygen atoms in total. The Morgan fingerprint density at radius 2 is 2.31 bits per heavy atom. The highest BCUT2D eigenvalue weighted by Gasteiger charge is 1.96. The minimum atomic E-state index is 0.385. The van der Waals surface area contributed by atoms with Crippen LogP contribution in [0.1, 0.15) is 12.6 Å². The van der Waals surface area contributed by atoms with E-state index in [0.717, 1.165) is 5.69 Å². The van der Waals surface area contributed by atoms with Gasteiger partial charge in [-0.15, -0.1) is 0 Å². The molecule has 0 atom stereocenters. The molecule has 0 N–H and O–H groups in total. The van der Waals surface area contributed by atoms with Crippen molar-refractivity contribution in [2.75, 3.05) is 19.8 Å². The number of nitrogens with zero attached hydrogens (tertiary/aromatic N) is 2. The van der Waals surface area contributed by atoms with E-state index in [4.69, 9.17) is 9.47 Å². The molecule has 0 aliphatic heterocycles. The van der Waals surface area contributed by atoms with Crippen molar-refractivity contribution in [3.63, 3.8) is 0 Å². The number of hydrogen-bond donors (Lipinski definition) is 0. The van der Waals surface area contributed by atoms with E-state index in [9.17, 15) is 0 Å². The Bertz CT molecular complexity index is 253. The first-order chi connectivity index (χ1) is 6.33. The van der Waals surface area contributed by atoms with E-state index < -0.39 is 0 Å². The monoisotopic (exact) mass is 181 g/mol. The summed E-state index contributed by atoms with van der Waals surface area (Å²) >= 11 is 0. The van der Waals surface area contributed by atoms with Crippen LogP contribution >= 0.6 is 0 Å². The summed E-state index contributed by atoms with van der Waals surface area (Å²) < 4.78 is 10.3. The molecule has 0 aromatic carbocycles. The van der Waals surface area contributed by atoms with Crippen molar-refractivity contribution in [1.29, 1.82) is 0 Å². The lowest BCUT2D eigenvalue weighted by atomic mass is 10.5. The van der Waals surface area contributed by atoms with Crippen molar-refractivity contribution in [2.24, 2.45) is 0 Å². The van der Waals surface area contributed by atoms with Gasteiger partial charge in [0.25, 0.3) is 0 Å². The molecule has 1 rings (SSSR count). The van der Waals surface area contributed by atoms with Crippen LogP contribution in [0.25, 0.3) is 0 Å². The van der Waals surface area contributed by atoms with Crippen LogP contribution in [0.4, 0.5) is 0 Å². The Balaban J connectivity index is 2.28. The lowest BCUT2D eigenvalue weighted by Crippen LogP contribution is -2.08. The molecule has 0 spiro atoms. The van der Waals surface area contributed by atoms with E-state index in [1.807, 2.05) is 13.8 Å². The molecule has 0 aliphatic rings. The normalized spacial score (nSPS) is 10.0. The second kappa shape index (κ2) is 5.48. The third-order valence-corrected chi connectivity index (χ3v) is 1.37. The highest BCUT2D eigenvalue weighted by molar-refractivity contribution is 5.01. The molecule has 0 aliphatic carbocycles. The first-order valence-electron chi connectivity index (χ1n) is 4.24. The minimum Gasteiger partial charge on any atom is -0.461 e. The lowest BCUT2D eigenvalue weighted by molar-refractivity contribution is 0.106. The molecule has 1 heterocycles. The molecule has 4 heteroatoms. The molecule has 0 saturated heterocycles. The van der Waals surface area contributed by atoms with E-state index in [0.29, 0.717) is 25.8 Å². The van der Waals surface area contributed by atoms with Gasteiger partial charge in [-0.1, -0.05) is 0 Å². The number of ether oxygens (including phenoxy) is 2. The molecule has 1 radical (unpaired) electrons. The fraction of sp³-hybridized carbons (Fsp3) is 0.556. The van der Waals surface area contributed by atoms with Gasteiger partial charge in [0, 0.05) is 18.9 Å². The third-order valence-electron chi connectivity index (χ3n) is 1.37. The maximum absolute atomic E-state index is 5.22. The topological polar surface area (TPSA) is 44.2 Å². The second-order valence-electron chi connectivity index (χ2n) is 2.43. The van der Waals surface area contributed by atoms with Crippen molar-refractivity contribution < 1.29 is 9.47 Å². The zero-order chi connectivity index (χ0) is 9.52. The van der Waals surface area contributed by atoms with Crippen LogP contribution in [0, 0.1) is 13.0 Å². The number of aryl methyl sites for hydroxylation is 1. The van der Waals surface area contributed by atoms with Crippen LogP contribution in [-0.2, 0) is 4.74 Å². The number of hydrogen-bond acceptors (Lipinski definition) is 4. The molecule has 0 amide bonds. The minimum absolute atomic E-state index is 0.385. The van der Waals surface area contributed by atoms with E-state index in [1.54, 1.807) is 6.20 Å². The van der Waals surface area contributed by atoms with Gasteiger partial charge in [0.05, 0.1) is 12.3 Å². The van der Waals surface area contributed by atoms with Gasteiger partial charge in [0.1, 0.15) is 6.61 Å². The summed E-state index contributed by atoms with van der Waals surface area (Å²) in [7, 11) is 0. The largest absolute Gasteiger partial charge is 0.461 e. The van der Waals surface area contributed by atoms with Gasteiger partial charge < -0.3 is 9.47 Å². The Labute approximate surface area is 77.9 Å². The van der Waals surface area contributed by atoms with E-state index >= 15 is 0 Å². The summed E-state index contributed by atoms with van der Waals surface area (Å²) in [6.45, 7) is 5.54. The van der Waals surface area contributed by atoms with Gasteiger partial charge in [0.15, 0.2) is 0 Å². The highest BCUT2D eigenvalue weighted by atomic mass is 16.5. The average molecular weight is 181 g/mol. The van der Waals surface area contributed by atoms with Crippen LogP contribution in [-0.4, -0.2) is 29.8 Å². The van der Waals surface area contributed by atoms with Crippen molar-refractivity contribution in [2.45, 2.75) is 13.8 Å². The summed E-state index contributed by atoms with van der Waals surface area (Å²) in [5.74, 6) is 0. The van der Waals surface area contributed by atoms with Gasteiger partial charge in [0.2, 0.25) is 0 Å². The summed E-state index contributed by atoms with van der Waals surface area (Å²) in [6.07, 6.45) is 1.55. The van der Waals surface area contributed by atoms with Crippen LogP contribution < -0.4 is 4.74 Å². The van der Waals surface area contributed by atoms with Gasteiger partial charge >= 0.3 is 6.01 Å². The molecular weight excluding hydrogens is 168 g/mol. The average Bonchev–Trinajstić information content (AvgIpc) is 2.13. The molecule has 0 saturated carbocycles. The standard InChI is InChI=1S/C9H13N2O2/c1-3-12-6-7-13-9-10-5-4-8(2)11-9/h5H,3,6-7H2,1-2H3. The van der Waals surface area contributed by atoms with E-state index in [-0.39, 0.29) is 0 Å². The SMILES string of the molecule is CCOCCOc1nc[c]c(C)n1. The molecular formula is C9H13N2O2. The Hall–Kier alpha value is -1.16. The van der Waals surface area contributed by atoms with E-state index in [1.165, 1.54) is 0 Å². The summed E-state index contributed by atoms with van der Waals surface area (Å²) in [6, 6.07) is 3.22. The van der Waals surface area contributed by atoms with Gasteiger partial charge in [-0.2, -0.15) is 4.98 Å². The Morgan fingerprint density at radius 1 is 1.46 bits per heavy atom. The van der Waals surface area contributed by atoms with Crippen molar-refractivity contribution in [3.8, 4) is 6.01 Å². The van der Waals surface area contributed by atoms with Crippen molar-refractivity contribution >= 4 is 0 Å². The van der Waals surface area contributed by atoms with Crippen LogP contribution in [0.3, 0.4) is 0 Å². The number of rotatable bonds is 5. The Morgan fingerprint density at radius 3 is 3.00 bits per heavy atom. The molecule has 0 fully saturated rings. The summed E-state index contributed by atoms with van der Waals surface area (Å²) in [5, 5.41) is 0. The van der Waals surface area contributed by atoms with Crippen LogP contribution in [0.5, 0.6) is 6.01 Å². The maximum Gasteiger partial charge on any atom is 0.316 e. The molecule has 71 valence electrons. The van der Waals surface area contributed by atoms with Crippen molar-refractivity contribution in [1.82, 2.24) is 9.97 Å². The molecule has 1 aromatic rings. The second-order valence-corrected chi connectivity index (χ2v) is 2.43. The maximum atomic E-state index is 5.22. The molecule has 13 heavy (non-hydrogen) atoms. The molecule has 1 aromatic heterocycles. The first-order valence-corrected chi connectivity index (χ1v) is 4.24. The first kappa shape index (κ1) is 9.92. The quantitative estimate of drug-likeness (QED) is 0.636. The lowest BCUT2D eigenvalue weighted by Gasteiger charge is -2.03. The summed E-state index contributed by atoms with van der Waals surface area (Å²) in [5.41, 5.74) is 0.779. The van der Waals surface area contributed by atoms with Crippen LogP contribution in [0.2, 0.25) is 0 Å². The van der Waals surface area contributed by atoms with Crippen molar-refractivity contribution in [3.05, 3.63) is 18.0 Å². The predicted molar refractivity (Wildman–Crippen MR) is 47.6 cm³/mol.